The zero-order valence-corrected chi connectivity index (χ0v) is 14.7. The number of carbonyl (C=O) groups is 1. The van der Waals surface area contributed by atoms with Crippen molar-refractivity contribution in [3.05, 3.63) is 47.0 Å². The molecule has 124 valence electrons. The normalized spacial score (nSPS) is 12.7. The molecule has 0 amide bonds. The number of hydrogen-bond donors (Lipinski definition) is 0. The van der Waals surface area contributed by atoms with Crippen molar-refractivity contribution in [1.29, 1.82) is 0 Å². The van der Waals surface area contributed by atoms with E-state index in [2.05, 4.69) is 58.0 Å². The number of carboxylic acids is 1. The summed E-state index contributed by atoms with van der Waals surface area (Å²) in [5.41, 5.74) is 6.63. The lowest BCUT2D eigenvalue weighted by molar-refractivity contribution is -0.305. The van der Waals surface area contributed by atoms with E-state index in [4.69, 9.17) is 0 Å². The van der Waals surface area contributed by atoms with Crippen LogP contribution in [0.2, 0.25) is 0 Å². The van der Waals surface area contributed by atoms with Gasteiger partial charge in [-0.1, -0.05) is 51.1 Å². The van der Waals surface area contributed by atoms with Gasteiger partial charge in [0, 0.05) is 5.97 Å². The van der Waals surface area contributed by atoms with Crippen LogP contribution in [0.25, 0.3) is 11.1 Å². The van der Waals surface area contributed by atoms with Crippen LogP contribution >= 0.6 is 0 Å². The molecule has 0 aromatic heterocycles. The van der Waals surface area contributed by atoms with E-state index in [0.29, 0.717) is 18.3 Å². The molecule has 0 spiro atoms. The van der Waals surface area contributed by atoms with Crippen LogP contribution in [0, 0.1) is 12.8 Å². The van der Waals surface area contributed by atoms with Gasteiger partial charge in [-0.15, -0.1) is 0 Å². The van der Waals surface area contributed by atoms with Crippen molar-refractivity contribution in [1.82, 2.24) is 0 Å². The number of carbonyl (C=O) groups excluding carboxylic acids is 1. The summed E-state index contributed by atoms with van der Waals surface area (Å²) in [6, 6.07) is 11.2. The van der Waals surface area contributed by atoms with Crippen LogP contribution in [-0.2, 0) is 11.2 Å². The molecular formula is C21H27O2-. The van der Waals surface area contributed by atoms with Gasteiger partial charge < -0.3 is 9.90 Å². The minimum Gasteiger partial charge on any atom is -0.550 e. The second-order valence-electron chi connectivity index (χ2n) is 7.11. The molecule has 0 heterocycles. The first-order chi connectivity index (χ1) is 10.9. The van der Waals surface area contributed by atoms with E-state index in [9.17, 15) is 9.90 Å². The molecular weight excluding hydrogens is 284 g/mol. The summed E-state index contributed by atoms with van der Waals surface area (Å²) in [5, 5.41) is 10.6. The molecule has 2 aliphatic rings. The Morgan fingerprint density at radius 2 is 1.83 bits per heavy atom. The fourth-order valence-corrected chi connectivity index (χ4v) is 3.30. The first kappa shape index (κ1) is 17.5. The van der Waals surface area contributed by atoms with Gasteiger partial charge in [0.15, 0.2) is 0 Å². The lowest BCUT2D eigenvalue weighted by Gasteiger charge is -2.14. The fraction of sp³-hybridized carbons (Fsp3) is 0.476. The van der Waals surface area contributed by atoms with Crippen molar-refractivity contribution in [2.75, 3.05) is 0 Å². The van der Waals surface area contributed by atoms with Crippen molar-refractivity contribution in [3.63, 3.8) is 0 Å². The van der Waals surface area contributed by atoms with Gasteiger partial charge in [0.2, 0.25) is 0 Å². The Morgan fingerprint density at radius 3 is 2.48 bits per heavy atom. The molecule has 2 nitrogen and oxygen atoms in total. The minimum absolute atomic E-state index is 0.144. The lowest BCUT2D eigenvalue weighted by Crippen LogP contribution is -2.21. The van der Waals surface area contributed by atoms with Crippen LogP contribution in [0.5, 0.6) is 0 Å². The maximum Gasteiger partial charge on any atom is 0.0414 e. The summed E-state index contributed by atoms with van der Waals surface area (Å²) in [7, 11) is 0. The Bertz CT molecular complexity index is 643. The molecule has 0 aliphatic heterocycles. The van der Waals surface area contributed by atoms with Gasteiger partial charge in [-0.25, -0.2) is 0 Å². The minimum atomic E-state index is -0.954. The van der Waals surface area contributed by atoms with Crippen LogP contribution < -0.4 is 5.11 Å². The van der Waals surface area contributed by atoms with Crippen molar-refractivity contribution in [3.8, 4) is 11.1 Å². The molecule has 2 rings (SSSR count). The van der Waals surface area contributed by atoms with Crippen LogP contribution in [-0.4, -0.2) is 5.97 Å². The third-order valence-corrected chi connectivity index (χ3v) is 4.53. The highest BCUT2D eigenvalue weighted by Crippen LogP contribution is 2.36. The van der Waals surface area contributed by atoms with E-state index in [1.54, 1.807) is 0 Å². The van der Waals surface area contributed by atoms with Crippen molar-refractivity contribution >= 4 is 5.97 Å². The van der Waals surface area contributed by atoms with Crippen LogP contribution in [0.4, 0.5) is 0 Å². The molecule has 0 N–H and O–H groups in total. The zero-order valence-electron chi connectivity index (χ0n) is 14.7. The van der Waals surface area contributed by atoms with Crippen molar-refractivity contribution in [2.45, 2.75) is 59.3 Å². The molecule has 1 unspecified atom stereocenters. The Balaban J connectivity index is 2.31. The number of carboxylic acid groups (broad SMARTS) is 1. The summed E-state index contributed by atoms with van der Waals surface area (Å²) in [5.74, 6) is 0.0222. The number of aliphatic carboxylic acids is 1. The highest BCUT2D eigenvalue weighted by Gasteiger charge is 2.15. The first-order valence-electron chi connectivity index (χ1n) is 8.60. The Hall–Kier alpha value is -1.83. The quantitative estimate of drug-likeness (QED) is 0.764. The summed E-state index contributed by atoms with van der Waals surface area (Å²) in [6.07, 6.45) is 2.76. The van der Waals surface area contributed by atoms with Gasteiger partial charge in [-0.3, -0.25) is 0 Å². The maximum atomic E-state index is 10.6. The molecule has 0 bridgehead atoms. The van der Waals surface area contributed by atoms with E-state index in [0.717, 1.165) is 12.8 Å². The topological polar surface area (TPSA) is 40.1 Å². The third kappa shape index (κ3) is 4.57. The molecule has 2 aliphatic carbocycles. The fourth-order valence-electron chi connectivity index (χ4n) is 3.30. The smallest absolute Gasteiger partial charge is 0.0414 e. The predicted octanol–water partition coefficient (Wildman–Crippen LogP) is 4.32. The van der Waals surface area contributed by atoms with Crippen LogP contribution in [0.15, 0.2) is 30.3 Å². The molecule has 0 aromatic rings. The second kappa shape index (κ2) is 7.63. The Morgan fingerprint density at radius 1 is 1.09 bits per heavy atom. The average molecular weight is 311 g/mol. The van der Waals surface area contributed by atoms with E-state index in [-0.39, 0.29) is 6.42 Å². The highest BCUT2D eigenvalue weighted by molar-refractivity contribution is 5.74. The second-order valence-corrected chi connectivity index (χ2v) is 7.11. The molecule has 0 radical (unpaired) electrons. The van der Waals surface area contributed by atoms with E-state index < -0.39 is 5.97 Å². The van der Waals surface area contributed by atoms with Gasteiger partial charge >= 0.3 is 0 Å². The summed E-state index contributed by atoms with van der Waals surface area (Å²) >= 11 is 0. The van der Waals surface area contributed by atoms with E-state index in [1.165, 1.54) is 27.8 Å². The highest BCUT2D eigenvalue weighted by atomic mass is 16.4. The molecule has 0 fully saturated rings. The number of fused-ring (bicyclic) bond motifs is 1. The predicted molar refractivity (Wildman–Crippen MR) is 93.6 cm³/mol. The van der Waals surface area contributed by atoms with E-state index >= 15 is 0 Å². The molecule has 2 heteroatoms. The monoisotopic (exact) mass is 311 g/mol. The zero-order chi connectivity index (χ0) is 17.0. The molecule has 0 aromatic carbocycles. The number of aryl methyl sites for hydroxylation is 1. The van der Waals surface area contributed by atoms with Gasteiger partial charge in [0.05, 0.1) is 0 Å². The molecule has 0 saturated heterocycles. The Kier molecular flexibility index (Phi) is 5.81. The standard InChI is InChI=1S/C21H28O2/c1-14(2)12-17-9-11-18(15(3)6-5-7-21(22)23)19-10-8-16(4)20(19)13-17/h8-11,13-15H,5-7,12H2,1-4H3,(H,22,23)/p-1. The van der Waals surface area contributed by atoms with Gasteiger partial charge in [-0.05, 0) is 72.3 Å². The van der Waals surface area contributed by atoms with Crippen LogP contribution in [0.1, 0.15) is 62.6 Å². The summed E-state index contributed by atoms with van der Waals surface area (Å²) in [4.78, 5) is 10.6. The summed E-state index contributed by atoms with van der Waals surface area (Å²) < 4.78 is 0. The van der Waals surface area contributed by atoms with Crippen molar-refractivity contribution < 1.29 is 9.90 Å². The lowest BCUT2D eigenvalue weighted by atomic mass is 9.91. The van der Waals surface area contributed by atoms with Crippen molar-refractivity contribution in [2.24, 2.45) is 5.92 Å². The summed E-state index contributed by atoms with van der Waals surface area (Å²) in [6.45, 7) is 8.83. The molecule has 23 heavy (non-hydrogen) atoms. The van der Waals surface area contributed by atoms with Gasteiger partial charge in [0.1, 0.15) is 0 Å². The van der Waals surface area contributed by atoms with E-state index in [1.807, 2.05) is 0 Å². The largest absolute Gasteiger partial charge is 0.550 e. The molecule has 1 atom stereocenters. The molecule has 0 saturated carbocycles. The van der Waals surface area contributed by atoms with Crippen LogP contribution in [0.3, 0.4) is 0 Å². The Labute approximate surface area is 139 Å². The number of rotatable bonds is 7. The van der Waals surface area contributed by atoms with Gasteiger partial charge in [-0.2, -0.15) is 0 Å². The SMILES string of the molecule is Cc1ccc2c(C(C)CCCC(=O)[O-])ccc(CC(C)C)cc1-2. The number of hydrogen-bond acceptors (Lipinski definition) is 2. The maximum absolute atomic E-state index is 10.6. The average Bonchev–Trinajstić information content (AvgIpc) is 2.70. The van der Waals surface area contributed by atoms with Gasteiger partial charge in [0.25, 0.3) is 0 Å². The first-order valence-corrected chi connectivity index (χ1v) is 8.60. The third-order valence-electron chi connectivity index (χ3n) is 4.53.